The topological polar surface area (TPSA) is 93.9 Å². The molecular formula is C11H18N4O3S. The number of aryl methyl sites for hydroxylation is 1. The van der Waals surface area contributed by atoms with Crippen LogP contribution in [0.25, 0.3) is 0 Å². The molecule has 0 aliphatic heterocycles. The summed E-state index contributed by atoms with van der Waals surface area (Å²) in [6.07, 6.45) is -0.128. The summed E-state index contributed by atoms with van der Waals surface area (Å²) in [5.41, 5.74) is 0.669. The second-order valence-corrected chi connectivity index (χ2v) is 6.50. The van der Waals surface area contributed by atoms with Crippen molar-refractivity contribution in [2.24, 2.45) is 7.05 Å². The van der Waals surface area contributed by atoms with E-state index in [1.165, 1.54) is 4.68 Å². The molecule has 1 heterocycles. The molecule has 0 saturated carbocycles. The van der Waals surface area contributed by atoms with E-state index in [0.717, 1.165) is 5.41 Å². The van der Waals surface area contributed by atoms with Crippen molar-refractivity contribution in [3.8, 4) is 0 Å². The maximum atomic E-state index is 11.7. The van der Waals surface area contributed by atoms with Crippen molar-refractivity contribution < 1.29 is 13.2 Å². The Morgan fingerprint density at radius 3 is 2.68 bits per heavy atom. The Balaban J connectivity index is 2.73. The van der Waals surface area contributed by atoms with Crippen molar-refractivity contribution in [3.63, 3.8) is 0 Å². The zero-order chi connectivity index (χ0) is 14.6. The summed E-state index contributed by atoms with van der Waals surface area (Å²) in [6.45, 7) is 7.06. The monoisotopic (exact) mass is 286 g/mol. The van der Waals surface area contributed by atoms with E-state index >= 15 is 0 Å². The van der Waals surface area contributed by atoms with Crippen LogP contribution in [0.3, 0.4) is 0 Å². The van der Waals surface area contributed by atoms with Gasteiger partial charge in [0.1, 0.15) is 5.69 Å². The molecule has 0 aliphatic carbocycles. The lowest BCUT2D eigenvalue weighted by atomic mass is 10.1. The Kier molecular flexibility index (Phi) is 4.82. The number of hydrogen-bond acceptors (Lipinski definition) is 5. The van der Waals surface area contributed by atoms with Gasteiger partial charge in [-0.05, 0) is 0 Å². The molecule has 0 aromatic carbocycles. The molecule has 0 atom stereocenters. The van der Waals surface area contributed by atoms with E-state index in [4.69, 9.17) is 0 Å². The van der Waals surface area contributed by atoms with Gasteiger partial charge in [-0.1, -0.05) is 25.6 Å². The molecule has 19 heavy (non-hydrogen) atoms. The first-order valence-electron chi connectivity index (χ1n) is 5.81. The van der Waals surface area contributed by atoms with Crippen LogP contribution in [0.1, 0.15) is 31.9 Å². The van der Waals surface area contributed by atoms with Crippen LogP contribution in [0.5, 0.6) is 0 Å². The highest BCUT2D eigenvalue weighted by atomic mass is 32.2. The van der Waals surface area contributed by atoms with Gasteiger partial charge >= 0.3 is 0 Å². The lowest BCUT2D eigenvalue weighted by molar-refractivity contribution is -0.115. The summed E-state index contributed by atoms with van der Waals surface area (Å²) in [7, 11) is -1.70. The highest BCUT2D eigenvalue weighted by Gasteiger charge is 2.17. The van der Waals surface area contributed by atoms with Crippen LogP contribution >= 0.6 is 0 Å². The van der Waals surface area contributed by atoms with Crippen LogP contribution in [-0.2, 0) is 21.7 Å². The lowest BCUT2D eigenvalue weighted by Gasteiger charge is -2.08. The van der Waals surface area contributed by atoms with Crippen molar-refractivity contribution >= 4 is 21.6 Å². The summed E-state index contributed by atoms with van der Waals surface area (Å²) in [4.78, 5) is 11.7. The van der Waals surface area contributed by atoms with Gasteiger partial charge in [0.05, 0.1) is 5.75 Å². The van der Waals surface area contributed by atoms with Gasteiger partial charge in [0.25, 0.3) is 0 Å². The summed E-state index contributed by atoms with van der Waals surface area (Å²) >= 11 is 0. The maximum absolute atomic E-state index is 11.7. The third kappa shape index (κ3) is 4.16. The van der Waals surface area contributed by atoms with Crippen LogP contribution in [-0.4, -0.2) is 35.1 Å². The largest absolute Gasteiger partial charge is 0.309 e. The number of nitrogens with zero attached hydrogens (tertiary/aromatic N) is 3. The third-order valence-corrected chi connectivity index (χ3v) is 3.81. The Hall–Kier alpha value is -1.70. The maximum Gasteiger partial charge on any atom is 0.226 e. The quantitative estimate of drug-likeness (QED) is 0.835. The second-order valence-electron chi connectivity index (χ2n) is 4.43. The standard InChI is InChI=1S/C11H18N4O3S/c1-5-19(17,18)7-6-9(16)12-11-10(8(2)3)13-14-15(11)4/h5,8H,1,6-7H2,2-4H3,(H,12,16). The van der Waals surface area contributed by atoms with Gasteiger partial charge in [0, 0.05) is 24.8 Å². The zero-order valence-corrected chi connectivity index (χ0v) is 12.1. The van der Waals surface area contributed by atoms with Crippen molar-refractivity contribution in [1.29, 1.82) is 0 Å². The van der Waals surface area contributed by atoms with Crippen LogP contribution in [0.2, 0.25) is 0 Å². The predicted octanol–water partition coefficient (Wildman–Crippen LogP) is 0.825. The number of hydrogen-bond donors (Lipinski definition) is 1. The molecule has 0 fully saturated rings. The normalized spacial score (nSPS) is 11.6. The van der Waals surface area contributed by atoms with Gasteiger partial charge < -0.3 is 5.32 Å². The second kappa shape index (κ2) is 5.96. The number of amides is 1. The molecule has 1 aromatic rings. The van der Waals surface area contributed by atoms with Crippen molar-refractivity contribution in [1.82, 2.24) is 15.0 Å². The first kappa shape index (κ1) is 15.4. The number of carbonyl (C=O) groups is 1. The van der Waals surface area contributed by atoms with E-state index in [1.54, 1.807) is 7.05 Å². The first-order chi connectivity index (χ1) is 8.76. The van der Waals surface area contributed by atoms with Crippen molar-refractivity contribution in [2.75, 3.05) is 11.1 Å². The van der Waals surface area contributed by atoms with E-state index in [-0.39, 0.29) is 18.1 Å². The Bertz CT molecular complexity index is 575. The summed E-state index contributed by atoms with van der Waals surface area (Å²) in [5, 5.41) is 11.3. The third-order valence-electron chi connectivity index (χ3n) is 2.53. The van der Waals surface area contributed by atoms with Gasteiger partial charge in [-0.15, -0.1) is 5.10 Å². The molecule has 0 unspecified atom stereocenters. The Morgan fingerprint density at radius 2 is 2.16 bits per heavy atom. The zero-order valence-electron chi connectivity index (χ0n) is 11.3. The minimum atomic E-state index is -3.37. The molecule has 1 amide bonds. The van der Waals surface area contributed by atoms with Gasteiger partial charge in [-0.2, -0.15) is 0 Å². The Labute approximate surface area is 112 Å². The first-order valence-corrected chi connectivity index (χ1v) is 7.53. The summed E-state index contributed by atoms with van der Waals surface area (Å²) in [5.74, 6) is -0.0420. The fourth-order valence-corrected chi connectivity index (χ4v) is 2.06. The predicted molar refractivity (Wildman–Crippen MR) is 72.3 cm³/mol. The van der Waals surface area contributed by atoms with E-state index in [9.17, 15) is 13.2 Å². The molecular weight excluding hydrogens is 268 g/mol. The summed E-state index contributed by atoms with van der Waals surface area (Å²) < 4.78 is 23.9. The minimum absolute atomic E-state index is 0.112. The van der Waals surface area contributed by atoms with E-state index in [1.807, 2.05) is 13.8 Å². The molecule has 0 aliphatic rings. The molecule has 0 bridgehead atoms. The Morgan fingerprint density at radius 1 is 1.53 bits per heavy atom. The molecule has 0 saturated heterocycles. The number of carbonyl (C=O) groups excluding carboxylic acids is 1. The molecule has 0 spiro atoms. The van der Waals surface area contributed by atoms with E-state index in [2.05, 4.69) is 22.2 Å². The highest BCUT2D eigenvalue weighted by Crippen LogP contribution is 2.20. The number of anilines is 1. The molecule has 106 valence electrons. The molecule has 0 radical (unpaired) electrons. The van der Waals surface area contributed by atoms with Gasteiger partial charge in [-0.3, -0.25) is 4.79 Å². The molecule has 1 rings (SSSR count). The number of nitrogens with one attached hydrogen (secondary N) is 1. The average molecular weight is 286 g/mol. The summed E-state index contributed by atoms with van der Waals surface area (Å²) in [6, 6.07) is 0. The van der Waals surface area contributed by atoms with Crippen LogP contribution in [0.4, 0.5) is 5.82 Å². The van der Waals surface area contributed by atoms with Gasteiger partial charge in [0.2, 0.25) is 5.91 Å². The van der Waals surface area contributed by atoms with Gasteiger partial charge in [-0.25, -0.2) is 13.1 Å². The van der Waals surface area contributed by atoms with Gasteiger partial charge in [0.15, 0.2) is 15.7 Å². The fraction of sp³-hybridized carbons (Fsp3) is 0.545. The lowest BCUT2D eigenvalue weighted by Crippen LogP contribution is -2.19. The fourth-order valence-electron chi connectivity index (χ4n) is 1.42. The van der Waals surface area contributed by atoms with E-state index in [0.29, 0.717) is 11.5 Å². The minimum Gasteiger partial charge on any atom is -0.309 e. The highest BCUT2D eigenvalue weighted by molar-refractivity contribution is 7.94. The number of sulfone groups is 1. The van der Waals surface area contributed by atoms with Crippen molar-refractivity contribution in [3.05, 3.63) is 17.7 Å². The molecule has 8 heteroatoms. The SMILES string of the molecule is C=CS(=O)(=O)CCC(=O)Nc1c(C(C)C)nnn1C. The molecule has 1 aromatic heterocycles. The number of rotatable bonds is 6. The number of aromatic nitrogens is 3. The molecule has 7 nitrogen and oxygen atoms in total. The van der Waals surface area contributed by atoms with Crippen LogP contribution in [0.15, 0.2) is 12.0 Å². The van der Waals surface area contributed by atoms with Crippen molar-refractivity contribution in [2.45, 2.75) is 26.2 Å². The van der Waals surface area contributed by atoms with Crippen LogP contribution in [0, 0.1) is 0 Å². The van der Waals surface area contributed by atoms with E-state index < -0.39 is 15.7 Å². The molecule has 1 N–H and O–H groups in total. The smallest absolute Gasteiger partial charge is 0.226 e. The average Bonchev–Trinajstić information content (AvgIpc) is 2.69. The van der Waals surface area contributed by atoms with Crippen LogP contribution < -0.4 is 5.32 Å².